The lowest BCUT2D eigenvalue weighted by molar-refractivity contribution is -0.0365. The largest absolute Gasteiger partial charge is 0.494 e. The highest BCUT2D eigenvalue weighted by atomic mass is 19.1. The van der Waals surface area contributed by atoms with Gasteiger partial charge in [-0.1, -0.05) is 18.2 Å². The third-order valence-corrected chi connectivity index (χ3v) is 7.64. The maximum absolute atomic E-state index is 15.2. The summed E-state index contributed by atoms with van der Waals surface area (Å²) in [5.41, 5.74) is 3.26. The van der Waals surface area contributed by atoms with Crippen LogP contribution in [0.5, 0.6) is 5.75 Å². The molecule has 0 saturated carbocycles. The Hall–Kier alpha value is -4.25. The lowest BCUT2D eigenvalue weighted by Crippen LogP contribution is -2.44. The Balaban J connectivity index is 1.40. The van der Waals surface area contributed by atoms with Gasteiger partial charge in [0.1, 0.15) is 17.2 Å². The molecule has 2 fully saturated rings. The minimum Gasteiger partial charge on any atom is -0.494 e. The molecule has 6 rings (SSSR count). The van der Waals surface area contributed by atoms with Gasteiger partial charge in [-0.15, -0.1) is 0 Å². The second kappa shape index (κ2) is 11.1. The first-order valence-electron chi connectivity index (χ1n) is 13.6. The van der Waals surface area contributed by atoms with E-state index < -0.39 is 11.9 Å². The number of rotatable bonds is 6. The maximum Gasteiger partial charge on any atom is 0.404 e. The summed E-state index contributed by atoms with van der Waals surface area (Å²) < 4.78 is 28.4. The molecule has 0 radical (unpaired) electrons. The van der Waals surface area contributed by atoms with Gasteiger partial charge in [0.05, 0.1) is 25.0 Å². The van der Waals surface area contributed by atoms with E-state index in [1.165, 1.54) is 7.11 Å². The first-order chi connectivity index (χ1) is 19.5. The molecular weight excluding hydrogens is 515 g/mol. The predicted molar refractivity (Wildman–Crippen MR) is 148 cm³/mol. The van der Waals surface area contributed by atoms with Crippen molar-refractivity contribution in [2.75, 3.05) is 31.7 Å². The standard InChI is InChI=1S/C29H31FN6O4/c1-39-24-6-4-5-20(27(24)30)18-8-9-23-21(15-18)28(34-36(23)26-7-2-3-14-40-26)22-16-31-17-25(33-22)35-12-10-19(11-13-35)32-29(37)38/h4-6,8-9,15-17,19,26,32H,2-3,7,10-14H2,1H3,(H,37,38). The number of carboxylic acid groups (broad SMARTS) is 1. The van der Waals surface area contributed by atoms with Crippen molar-refractivity contribution in [3.05, 3.63) is 54.6 Å². The van der Waals surface area contributed by atoms with Crippen molar-refractivity contribution in [2.24, 2.45) is 0 Å². The van der Waals surface area contributed by atoms with Crippen molar-refractivity contribution in [3.63, 3.8) is 0 Å². The van der Waals surface area contributed by atoms with Crippen LogP contribution in [0.15, 0.2) is 48.8 Å². The van der Waals surface area contributed by atoms with E-state index in [2.05, 4.69) is 15.2 Å². The van der Waals surface area contributed by atoms with E-state index in [0.29, 0.717) is 60.9 Å². The van der Waals surface area contributed by atoms with Gasteiger partial charge < -0.3 is 24.8 Å². The summed E-state index contributed by atoms with van der Waals surface area (Å²) in [6.45, 7) is 2.00. The van der Waals surface area contributed by atoms with Crippen LogP contribution in [0.25, 0.3) is 33.4 Å². The molecule has 0 spiro atoms. The van der Waals surface area contributed by atoms with E-state index in [4.69, 9.17) is 24.7 Å². The van der Waals surface area contributed by atoms with Gasteiger partial charge in [0.25, 0.3) is 0 Å². The Morgan fingerprint density at radius 1 is 1.15 bits per heavy atom. The first kappa shape index (κ1) is 26.0. The predicted octanol–water partition coefficient (Wildman–Crippen LogP) is 5.24. The number of nitrogens with zero attached hydrogens (tertiary/aromatic N) is 5. The highest BCUT2D eigenvalue weighted by Gasteiger charge is 2.25. The minimum absolute atomic E-state index is 0.0737. The summed E-state index contributed by atoms with van der Waals surface area (Å²) in [6, 6.07) is 10.8. The monoisotopic (exact) mass is 546 g/mol. The van der Waals surface area contributed by atoms with Crippen molar-refractivity contribution < 1.29 is 23.8 Å². The number of anilines is 1. The van der Waals surface area contributed by atoms with Crippen molar-refractivity contribution in [1.82, 2.24) is 25.1 Å². The number of hydrogen-bond acceptors (Lipinski definition) is 7. The Bertz CT molecular complexity index is 1530. The van der Waals surface area contributed by atoms with Crippen molar-refractivity contribution in [3.8, 4) is 28.3 Å². The zero-order valence-corrected chi connectivity index (χ0v) is 22.2. The van der Waals surface area contributed by atoms with Gasteiger partial charge in [0.2, 0.25) is 0 Å². The van der Waals surface area contributed by atoms with Crippen LogP contribution in [0, 0.1) is 5.82 Å². The number of amides is 1. The molecule has 2 N–H and O–H groups in total. The third kappa shape index (κ3) is 5.04. The zero-order chi connectivity index (χ0) is 27.6. The maximum atomic E-state index is 15.2. The Kier molecular flexibility index (Phi) is 7.21. The average molecular weight is 547 g/mol. The highest BCUT2D eigenvalue weighted by molar-refractivity contribution is 5.95. The molecule has 10 nitrogen and oxygen atoms in total. The second-order valence-corrected chi connectivity index (χ2v) is 10.1. The van der Waals surface area contributed by atoms with Crippen LogP contribution in [0.3, 0.4) is 0 Å². The van der Waals surface area contributed by atoms with Gasteiger partial charge in [0.15, 0.2) is 17.8 Å². The molecule has 0 aliphatic carbocycles. The fraction of sp³-hybridized carbons (Fsp3) is 0.379. The van der Waals surface area contributed by atoms with E-state index in [-0.39, 0.29) is 18.0 Å². The summed E-state index contributed by atoms with van der Waals surface area (Å²) >= 11 is 0. The second-order valence-electron chi connectivity index (χ2n) is 10.1. The average Bonchev–Trinajstić information content (AvgIpc) is 3.37. The van der Waals surface area contributed by atoms with Crippen LogP contribution in [-0.4, -0.2) is 63.8 Å². The van der Waals surface area contributed by atoms with Gasteiger partial charge in [-0.3, -0.25) is 4.98 Å². The summed E-state index contributed by atoms with van der Waals surface area (Å²) in [7, 11) is 1.45. The Morgan fingerprint density at radius 2 is 2.00 bits per heavy atom. The molecule has 1 amide bonds. The third-order valence-electron chi connectivity index (χ3n) is 7.64. The van der Waals surface area contributed by atoms with Crippen LogP contribution >= 0.6 is 0 Å². The SMILES string of the molecule is COc1cccc(-c2ccc3c(c2)c(-c2cncc(N4CCC(NC(=O)O)CC4)n2)nn3C2CCCCO2)c1F. The number of fused-ring (bicyclic) bond motifs is 1. The molecule has 2 aliphatic rings. The minimum atomic E-state index is -1.00. The Labute approximate surface area is 230 Å². The number of piperidine rings is 1. The number of aromatic nitrogens is 4. The van der Waals surface area contributed by atoms with E-state index in [1.54, 1.807) is 30.6 Å². The number of hydrogen-bond donors (Lipinski definition) is 2. The summed E-state index contributed by atoms with van der Waals surface area (Å²) in [4.78, 5) is 22.5. The number of carbonyl (C=O) groups is 1. The van der Waals surface area contributed by atoms with E-state index in [0.717, 1.165) is 30.2 Å². The molecule has 2 aromatic carbocycles. The van der Waals surface area contributed by atoms with Crippen molar-refractivity contribution in [1.29, 1.82) is 0 Å². The lowest BCUT2D eigenvalue weighted by Gasteiger charge is -2.32. The van der Waals surface area contributed by atoms with Gasteiger partial charge in [-0.25, -0.2) is 18.9 Å². The van der Waals surface area contributed by atoms with Gasteiger partial charge in [0, 0.05) is 36.7 Å². The van der Waals surface area contributed by atoms with Crippen LogP contribution < -0.4 is 15.0 Å². The number of nitrogens with one attached hydrogen (secondary N) is 1. The number of methoxy groups -OCH3 is 1. The number of ether oxygens (including phenoxy) is 2. The van der Waals surface area contributed by atoms with E-state index in [9.17, 15) is 4.79 Å². The van der Waals surface area contributed by atoms with Crippen molar-refractivity contribution in [2.45, 2.75) is 44.4 Å². The fourth-order valence-electron chi connectivity index (χ4n) is 5.57. The lowest BCUT2D eigenvalue weighted by atomic mass is 10.0. The van der Waals surface area contributed by atoms with Gasteiger partial charge in [-0.2, -0.15) is 5.10 Å². The molecule has 208 valence electrons. The molecule has 40 heavy (non-hydrogen) atoms. The summed E-state index contributed by atoms with van der Waals surface area (Å²) in [5, 5.41) is 17.4. The zero-order valence-electron chi connectivity index (χ0n) is 22.2. The van der Waals surface area contributed by atoms with Crippen LogP contribution in [0.4, 0.5) is 15.0 Å². The molecule has 11 heteroatoms. The quantitative estimate of drug-likeness (QED) is 0.337. The van der Waals surface area contributed by atoms with Crippen LogP contribution in [-0.2, 0) is 4.74 Å². The van der Waals surface area contributed by atoms with Gasteiger partial charge >= 0.3 is 6.09 Å². The normalized spacial score (nSPS) is 18.1. The topological polar surface area (TPSA) is 115 Å². The molecule has 1 atom stereocenters. The fourth-order valence-corrected chi connectivity index (χ4v) is 5.57. The smallest absolute Gasteiger partial charge is 0.404 e. The first-order valence-corrected chi connectivity index (χ1v) is 13.6. The molecule has 4 heterocycles. The number of halogens is 1. The molecule has 2 aliphatic heterocycles. The highest BCUT2D eigenvalue weighted by Crippen LogP contribution is 2.37. The van der Waals surface area contributed by atoms with Crippen molar-refractivity contribution >= 4 is 22.8 Å². The Morgan fingerprint density at radius 3 is 2.75 bits per heavy atom. The molecule has 2 aromatic heterocycles. The molecule has 4 aromatic rings. The van der Waals surface area contributed by atoms with Gasteiger partial charge in [-0.05, 0) is 55.9 Å². The molecule has 2 saturated heterocycles. The summed E-state index contributed by atoms with van der Waals surface area (Å²) in [5.74, 6) is 0.472. The van der Waals surface area contributed by atoms with E-state index >= 15 is 4.39 Å². The summed E-state index contributed by atoms with van der Waals surface area (Å²) in [6.07, 6.45) is 6.51. The molecule has 0 bridgehead atoms. The van der Waals surface area contributed by atoms with E-state index in [1.807, 2.05) is 22.9 Å². The molecule has 1 unspecified atom stereocenters. The van der Waals surface area contributed by atoms with Crippen LogP contribution in [0.2, 0.25) is 0 Å². The molecular formula is C29H31FN6O4. The van der Waals surface area contributed by atoms with Crippen LogP contribution in [0.1, 0.15) is 38.3 Å². The number of benzene rings is 2.